The summed E-state index contributed by atoms with van der Waals surface area (Å²) in [6, 6.07) is 9.86. The predicted molar refractivity (Wildman–Crippen MR) is 60.1 cm³/mol. The van der Waals surface area contributed by atoms with Gasteiger partial charge in [0.15, 0.2) is 0 Å². The summed E-state index contributed by atoms with van der Waals surface area (Å²) in [6.45, 7) is 6.50. The predicted octanol–water partition coefficient (Wildman–Crippen LogP) is 3.29. The molecule has 0 spiro atoms. The van der Waals surface area contributed by atoms with Crippen LogP contribution in [0.1, 0.15) is 20.8 Å². The normalized spacial score (nSPS) is 9.71. The van der Waals surface area contributed by atoms with E-state index in [1.807, 2.05) is 30.3 Å². The minimum atomic E-state index is 0.833. The largest absolute Gasteiger partial charge is 0.159 e. The van der Waals surface area contributed by atoms with Crippen molar-refractivity contribution in [1.29, 1.82) is 0 Å². The molecule has 1 heterocycles. The fourth-order valence-corrected chi connectivity index (χ4v) is 0.929. The third kappa shape index (κ3) is 3.52. The van der Waals surface area contributed by atoms with Gasteiger partial charge in [-0.2, -0.15) is 10.2 Å². The Kier molecular flexibility index (Phi) is 4.05. The summed E-state index contributed by atoms with van der Waals surface area (Å²) >= 11 is 0. The van der Waals surface area contributed by atoms with Gasteiger partial charge < -0.3 is 0 Å². The Morgan fingerprint density at radius 3 is 2.29 bits per heavy atom. The molecular weight excluding hydrogens is 172 g/mol. The summed E-state index contributed by atoms with van der Waals surface area (Å²) in [4.78, 5) is 0. The molecule has 2 aromatic rings. The lowest BCUT2D eigenvalue weighted by Gasteiger charge is -1.90. The van der Waals surface area contributed by atoms with Crippen molar-refractivity contribution in [2.24, 2.45) is 5.92 Å². The molecule has 0 fully saturated rings. The molecule has 14 heavy (non-hydrogen) atoms. The van der Waals surface area contributed by atoms with Gasteiger partial charge in [-0.3, -0.25) is 0 Å². The first-order valence-electron chi connectivity index (χ1n) is 4.86. The Bertz CT molecular complexity index is 314. The van der Waals surface area contributed by atoms with Crippen LogP contribution in [0.2, 0.25) is 0 Å². The number of aromatic nitrogens is 2. The van der Waals surface area contributed by atoms with E-state index >= 15 is 0 Å². The summed E-state index contributed by atoms with van der Waals surface area (Å²) < 4.78 is 0. The minimum Gasteiger partial charge on any atom is -0.159 e. The van der Waals surface area contributed by atoms with Crippen LogP contribution in [0.15, 0.2) is 36.5 Å². The molecule has 0 unspecified atom stereocenters. The average molecular weight is 188 g/mol. The lowest BCUT2D eigenvalue weighted by atomic mass is 10.2. The van der Waals surface area contributed by atoms with Gasteiger partial charge in [-0.25, -0.2) is 0 Å². The fraction of sp³-hybridized carbons (Fsp3) is 0.333. The number of nitrogens with zero attached hydrogens (tertiary/aromatic N) is 2. The molecule has 0 aliphatic heterocycles. The first-order chi connectivity index (χ1) is 6.70. The number of fused-ring (bicyclic) bond motifs is 1. The summed E-state index contributed by atoms with van der Waals surface area (Å²) in [5.41, 5.74) is 0.949. The molecule has 2 nitrogen and oxygen atoms in total. The molecule has 1 aromatic carbocycles. The van der Waals surface area contributed by atoms with Crippen LogP contribution in [0.25, 0.3) is 10.9 Å². The summed E-state index contributed by atoms with van der Waals surface area (Å²) in [5, 5.41) is 8.83. The Morgan fingerprint density at radius 2 is 1.64 bits per heavy atom. The van der Waals surface area contributed by atoms with E-state index in [9.17, 15) is 0 Å². The zero-order valence-corrected chi connectivity index (χ0v) is 8.94. The molecular formula is C12H16N2. The van der Waals surface area contributed by atoms with Gasteiger partial charge in [-0.15, -0.1) is 0 Å². The average Bonchev–Trinajstić information content (AvgIpc) is 2.17. The lowest BCUT2D eigenvalue weighted by Crippen LogP contribution is -1.79. The number of hydrogen-bond acceptors (Lipinski definition) is 2. The Morgan fingerprint density at radius 1 is 1.00 bits per heavy atom. The highest BCUT2D eigenvalue weighted by Gasteiger charge is 1.87. The van der Waals surface area contributed by atoms with Crippen molar-refractivity contribution in [3.05, 3.63) is 36.5 Å². The van der Waals surface area contributed by atoms with E-state index < -0.39 is 0 Å². The maximum atomic E-state index is 3.93. The molecule has 74 valence electrons. The third-order valence-corrected chi connectivity index (χ3v) is 1.42. The highest BCUT2D eigenvalue weighted by Crippen LogP contribution is 2.06. The van der Waals surface area contributed by atoms with Gasteiger partial charge in [0.25, 0.3) is 0 Å². The Balaban J connectivity index is 0.000000213. The standard InChI is InChI=1S/C8H6N2.C4H10/c1-2-4-8-7(3-1)5-6-9-10-8;1-4(2)3/h1-6H;4H,1-3H3. The Labute approximate surface area is 85.0 Å². The number of hydrogen-bond donors (Lipinski definition) is 0. The zero-order valence-electron chi connectivity index (χ0n) is 8.94. The monoisotopic (exact) mass is 188 g/mol. The van der Waals surface area contributed by atoms with Gasteiger partial charge >= 0.3 is 0 Å². The fourth-order valence-electron chi connectivity index (χ4n) is 0.929. The summed E-state index contributed by atoms with van der Waals surface area (Å²) in [7, 11) is 0. The summed E-state index contributed by atoms with van der Waals surface area (Å²) in [5.74, 6) is 0.833. The van der Waals surface area contributed by atoms with Crippen LogP contribution < -0.4 is 0 Å². The van der Waals surface area contributed by atoms with Gasteiger partial charge in [0.1, 0.15) is 0 Å². The van der Waals surface area contributed by atoms with Crippen molar-refractivity contribution >= 4 is 10.9 Å². The van der Waals surface area contributed by atoms with Crippen LogP contribution >= 0.6 is 0 Å². The van der Waals surface area contributed by atoms with E-state index in [0.717, 1.165) is 16.8 Å². The molecule has 0 aliphatic carbocycles. The van der Waals surface area contributed by atoms with E-state index in [-0.39, 0.29) is 0 Å². The van der Waals surface area contributed by atoms with Crippen molar-refractivity contribution in [1.82, 2.24) is 10.2 Å². The van der Waals surface area contributed by atoms with Crippen LogP contribution in [0.4, 0.5) is 0 Å². The molecule has 0 saturated heterocycles. The number of rotatable bonds is 0. The Hall–Kier alpha value is -1.44. The molecule has 0 N–H and O–H groups in total. The zero-order chi connectivity index (χ0) is 10.4. The molecule has 1 aromatic heterocycles. The van der Waals surface area contributed by atoms with Gasteiger partial charge in [0.2, 0.25) is 0 Å². The molecule has 0 saturated carbocycles. The van der Waals surface area contributed by atoms with Crippen LogP contribution in [-0.4, -0.2) is 10.2 Å². The van der Waals surface area contributed by atoms with E-state index in [4.69, 9.17) is 0 Å². The van der Waals surface area contributed by atoms with Gasteiger partial charge in [-0.05, 0) is 18.1 Å². The van der Waals surface area contributed by atoms with E-state index in [0.29, 0.717) is 0 Å². The van der Waals surface area contributed by atoms with E-state index in [1.54, 1.807) is 6.20 Å². The maximum absolute atomic E-state index is 3.93. The van der Waals surface area contributed by atoms with Crippen molar-refractivity contribution in [2.45, 2.75) is 20.8 Å². The quantitative estimate of drug-likeness (QED) is 0.634. The molecule has 0 bridgehead atoms. The highest BCUT2D eigenvalue weighted by molar-refractivity contribution is 5.77. The summed E-state index contributed by atoms with van der Waals surface area (Å²) in [6.07, 6.45) is 1.70. The maximum Gasteiger partial charge on any atom is 0.0929 e. The number of benzene rings is 1. The topological polar surface area (TPSA) is 25.8 Å². The van der Waals surface area contributed by atoms with Crippen LogP contribution in [0, 0.1) is 5.92 Å². The van der Waals surface area contributed by atoms with Crippen molar-refractivity contribution in [3.63, 3.8) is 0 Å². The van der Waals surface area contributed by atoms with Gasteiger partial charge in [-0.1, -0.05) is 39.0 Å². The van der Waals surface area contributed by atoms with E-state index in [2.05, 4.69) is 31.0 Å². The second kappa shape index (κ2) is 5.32. The molecule has 2 heteroatoms. The lowest BCUT2D eigenvalue weighted by molar-refractivity contribution is 0.737. The third-order valence-electron chi connectivity index (χ3n) is 1.42. The molecule has 0 aliphatic rings. The van der Waals surface area contributed by atoms with Gasteiger partial charge in [0, 0.05) is 5.39 Å². The molecule has 0 atom stereocenters. The first kappa shape index (κ1) is 10.6. The van der Waals surface area contributed by atoms with Crippen molar-refractivity contribution < 1.29 is 0 Å². The highest BCUT2D eigenvalue weighted by atomic mass is 15.1. The van der Waals surface area contributed by atoms with Crippen molar-refractivity contribution in [2.75, 3.05) is 0 Å². The second-order valence-electron chi connectivity index (χ2n) is 3.82. The first-order valence-corrected chi connectivity index (χ1v) is 4.86. The van der Waals surface area contributed by atoms with Crippen LogP contribution in [0.3, 0.4) is 0 Å². The minimum absolute atomic E-state index is 0.833. The van der Waals surface area contributed by atoms with Crippen LogP contribution in [-0.2, 0) is 0 Å². The van der Waals surface area contributed by atoms with Crippen molar-refractivity contribution in [3.8, 4) is 0 Å². The molecule has 2 rings (SSSR count). The molecule has 0 radical (unpaired) electrons. The van der Waals surface area contributed by atoms with Crippen LogP contribution in [0.5, 0.6) is 0 Å². The smallest absolute Gasteiger partial charge is 0.0929 e. The second-order valence-corrected chi connectivity index (χ2v) is 3.82. The molecule has 0 amide bonds. The SMILES string of the molecule is CC(C)C.c1ccc2nnccc2c1. The van der Waals surface area contributed by atoms with Gasteiger partial charge in [0.05, 0.1) is 11.7 Å². The van der Waals surface area contributed by atoms with E-state index in [1.165, 1.54) is 0 Å².